The molecule has 2 aromatic carbocycles. The van der Waals surface area contributed by atoms with Crippen LogP contribution in [-0.4, -0.2) is 17.5 Å². The summed E-state index contributed by atoms with van der Waals surface area (Å²) in [5.74, 6) is 0.388. The second kappa shape index (κ2) is 6.67. The Morgan fingerprint density at radius 1 is 1.22 bits per heavy atom. The highest BCUT2D eigenvalue weighted by atomic mass is 35.5. The van der Waals surface area contributed by atoms with Gasteiger partial charge in [-0.3, -0.25) is 9.78 Å². The van der Waals surface area contributed by atoms with Crippen LogP contribution in [0.1, 0.15) is 5.56 Å². The highest BCUT2D eigenvalue weighted by Gasteiger charge is 2.06. The van der Waals surface area contributed by atoms with E-state index in [-0.39, 0.29) is 12.5 Å². The van der Waals surface area contributed by atoms with Gasteiger partial charge in [0.1, 0.15) is 5.75 Å². The molecule has 0 bridgehead atoms. The number of nitrogens with zero attached hydrogens (tertiary/aromatic N) is 1. The Kier molecular flexibility index (Phi) is 4.44. The fourth-order valence-corrected chi connectivity index (χ4v) is 2.34. The summed E-state index contributed by atoms with van der Waals surface area (Å²) in [5.41, 5.74) is 2.50. The Hall–Kier alpha value is -2.59. The van der Waals surface area contributed by atoms with Crippen LogP contribution in [0, 0.1) is 6.92 Å². The topological polar surface area (TPSA) is 51.2 Å². The minimum atomic E-state index is -0.240. The van der Waals surface area contributed by atoms with Crippen LogP contribution < -0.4 is 10.1 Å². The SMILES string of the molecule is Cc1ccc(NC(=O)COc2ccc3ncccc3c2)cc1Cl. The minimum Gasteiger partial charge on any atom is -0.484 e. The summed E-state index contributed by atoms with van der Waals surface area (Å²) >= 11 is 6.04. The van der Waals surface area contributed by atoms with Crippen molar-refractivity contribution >= 4 is 34.1 Å². The number of hydrogen-bond acceptors (Lipinski definition) is 3. The lowest BCUT2D eigenvalue weighted by atomic mass is 10.2. The maximum Gasteiger partial charge on any atom is 0.262 e. The summed E-state index contributed by atoms with van der Waals surface area (Å²) in [6.07, 6.45) is 1.74. The molecular formula is C18H15ClN2O2. The number of ether oxygens (including phenoxy) is 1. The van der Waals surface area contributed by atoms with E-state index >= 15 is 0 Å². The van der Waals surface area contributed by atoms with Crippen molar-refractivity contribution < 1.29 is 9.53 Å². The number of carbonyl (C=O) groups excluding carboxylic acids is 1. The number of aromatic nitrogens is 1. The molecular weight excluding hydrogens is 312 g/mol. The van der Waals surface area contributed by atoms with E-state index in [1.807, 2.05) is 37.3 Å². The number of carbonyl (C=O) groups is 1. The first-order valence-corrected chi connectivity index (χ1v) is 7.53. The molecule has 116 valence electrons. The van der Waals surface area contributed by atoms with Gasteiger partial charge >= 0.3 is 0 Å². The highest BCUT2D eigenvalue weighted by Crippen LogP contribution is 2.21. The Labute approximate surface area is 139 Å². The zero-order chi connectivity index (χ0) is 16.2. The van der Waals surface area contributed by atoms with Crippen molar-refractivity contribution in [3.63, 3.8) is 0 Å². The maximum atomic E-state index is 12.0. The third-order valence-electron chi connectivity index (χ3n) is 3.40. The van der Waals surface area contributed by atoms with Crippen LogP contribution in [0.4, 0.5) is 5.69 Å². The van der Waals surface area contributed by atoms with Crippen molar-refractivity contribution in [1.29, 1.82) is 0 Å². The van der Waals surface area contributed by atoms with E-state index in [2.05, 4.69) is 10.3 Å². The van der Waals surface area contributed by atoms with Crippen LogP contribution in [0.3, 0.4) is 0 Å². The molecule has 23 heavy (non-hydrogen) atoms. The normalized spacial score (nSPS) is 10.5. The lowest BCUT2D eigenvalue weighted by Crippen LogP contribution is -2.20. The zero-order valence-electron chi connectivity index (χ0n) is 12.5. The number of amides is 1. The molecule has 1 aromatic heterocycles. The average Bonchev–Trinajstić information content (AvgIpc) is 2.56. The van der Waals surface area contributed by atoms with Gasteiger partial charge in [-0.25, -0.2) is 0 Å². The van der Waals surface area contributed by atoms with Crippen LogP contribution in [0.25, 0.3) is 10.9 Å². The van der Waals surface area contributed by atoms with Gasteiger partial charge in [-0.15, -0.1) is 0 Å². The molecule has 0 radical (unpaired) electrons. The Balaban J connectivity index is 1.62. The number of anilines is 1. The lowest BCUT2D eigenvalue weighted by Gasteiger charge is -2.09. The summed E-state index contributed by atoms with van der Waals surface area (Å²) in [6.45, 7) is 1.84. The predicted octanol–water partition coefficient (Wildman–Crippen LogP) is 4.21. The quantitative estimate of drug-likeness (QED) is 0.781. The van der Waals surface area contributed by atoms with E-state index < -0.39 is 0 Å². The predicted molar refractivity (Wildman–Crippen MR) is 92.1 cm³/mol. The first-order valence-electron chi connectivity index (χ1n) is 7.15. The molecule has 1 amide bonds. The average molecular weight is 327 g/mol. The molecule has 5 heteroatoms. The van der Waals surface area contributed by atoms with Crippen LogP contribution >= 0.6 is 11.6 Å². The smallest absolute Gasteiger partial charge is 0.262 e. The monoisotopic (exact) mass is 326 g/mol. The van der Waals surface area contributed by atoms with Gasteiger partial charge in [0, 0.05) is 22.3 Å². The first-order chi connectivity index (χ1) is 11.1. The van der Waals surface area contributed by atoms with Crippen LogP contribution in [0.2, 0.25) is 5.02 Å². The second-order valence-corrected chi connectivity index (χ2v) is 5.57. The van der Waals surface area contributed by atoms with Gasteiger partial charge < -0.3 is 10.1 Å². The molecule has 3 rings (SSSR count). The number of halogens is 1. The molecule has 0 saturated heterocycles. The van der Waals surface area contributed by atoms with Crippen molar-refractivity contribution in [3.05, 3.63) is 65.3 Å². The van der Waals surface area contributed by atoms with Crippen molar-refractivity contribution in [1.82, 2.24) is 4.98 Å². The first kappa shape index (κ1) is 15.3. The van der Waals surface area contributed by atoms with E-state index in [1.54, 1.807) is 24.4 Å². The van der Waals surface area contributed by atoms with Crippen molar-refractivity contribution in [2.45, 2.75) is 6.92 Å². The Bertz CT molecular complexity index is 865. The van der Waals surface area contributed by atoms with E-state index in [9.17, 15) is 4.79 Å². The summed E-state index contributed by atoms with van der Waals surface area (Å²) in [7, 11) is 0. The van der Waals surface area contributed by atoms with Crippen molar-refractivity contribution in [2.24, 2.45) is 0 Å². The largest absolute Gasteiger partial charge is 0.484 e. The molecule has 0 fully saturated rings. The van der Waals surface area contributed by atoms with E-state index in [0.717, 1.165) is 16.5 Å². The molecule has 0 unspecified atom stereocenters. The van der Waals surface area contributed by atoms with Crippen LogP contribution in [0.5, 0.6) is 5.75 Å². The third-order valence-corrected chi connectivity index (χ3v) is 3.81. The summed E-state index contributed by atoms with van der Waals surface area (Å²) in [4.78, 5) is 16.2. The van der Waals surface area contributed by atoms with E-state index in [0.29, 0.717) is 16.5 Å². The molecule has 1 N–H and O–H groups in total. The number of aryl methyl sites for hydroxylation is 1. The van der Waals surface area contributed by atoms with Gasteiger partial charge in [-0.1, -0.05) is 23.7 Å². The molecule has 4 nitrogen and oxygen atoms in total. The number of nitrogens with one attached hydrogen (secondary N) is 1. The molecule has 0 aliphatic heterocycles. The molecule has 0 aliphatic rings. The molecule has 3 aromatic rings. The number of hydrogen-bond donors (Lipinski definition) is 1. The Morgan fingerprint density at radius 3 is 2.91 bits per heavy atom. The number of fused-ring (bicyclic) bond motifs is 1. The summed E-state index contributed by atoms with van der Waals surface area (Å²) in [6, 6.07) is 14.7. The number of rotatable bonds is 4. The fraction of sp³-hybridized carbons (Fsp3) is 0.111. The van der Waals surface area contributed by atoms with Crippen molar-refractivity contribution in [3.8, 4) is 5.75 Å². The van der Waals surface area contributed by atoms with Crippen LogP contribution in [-0.2, 0) is 4.79 Å². The lowest BCUT2D eigenvalue weighted by molar-refractivity contribution is -0.118. The zero-order valence-corrected chi connectivity index (χ0v) is 13.3. The van der Waals surface area contributed by atoms with Gasteiger partial charge in [-0.2, -0.15) is 0 Å². The van der Waals surface area contributed by atoms with Crippen LogP contribution in [0.15, 0.2) is 54.7 Å². The van der Waals surface area contributed by atoms with E-state index in [4.69, 9.17) is 16.3 Å². The standard InChI is InChI=1S/C18H15ClN2O2/c1-12-4-5-14(10-16(12)19)21-18(22)11-23-15-6-7-17-13(9-15)3-2-8-20-17/h2-10H,11H2,1H3,(H,21,22). The molecule has 1 heterocycles. The molecule has 0 spiro atoms. The van der Waals surface area contributed by atoms with Gasteiger partial charge in [0.05, 0.1) is 5.52 Å². The molecule has 0 aliphatic carbocycles. The molecule has 0 saturated carbocycles. The maximum absolute atomic E-state index is 12.0. The second-order valence-electron chi connectivity index (χ2n) is 5.16. The number of pyridine rings is 1. The fourth-order valence-electron chi connectivity index (χ4n) is 2.16. The van der Waals surface area contributed by atoms with Gasteiger partial charge in [-0.05, 0) is 48.9 Å². The minimum absolute atomic E-state index is 0.0722. The third kappa shape index (κ3) is 3.79. The van der Waals surface area contributed by atoms with E-state index in [1.165, 1.54) is 0 Å². The summed E-state index contributed by atoms with van der Waals surface area (Å²) < 4.78 is 5.53. The highest BCUT2D eigenvalue weighted by molar-refractivity contribution is 6.31. The van der Waals surface area contributed by atoms with Gasteiger partial charge in [0.15, 0.2) is 6.61 Å². The number of benzene rings is 2. The Morgan fingerprint density at radius 2 is 2.09 bits per heavy atom. The van der Waals surface area contributed by atoms with Crippen molar-refractivity contribution in [2.75, 3.05) is 11.9 Å². The van der Waals surface area contributed by atoms with Gasteiger partial charge in [0.25, 0.3) is 5.91 Å². The molecule has 0 atom stereocenters. The summed E-state index contributed by atoms with van der Waals surface area (Å²) in [5, 5.41) is 4.34. The van der Waals surface area contributed by atoms with Gasteiger partial charge in [0.2, 0.25) is 0 Å².